The first kappa shape index (κ1) is 12.6. The third-order valence-electron chi connectivity index (χ3n) is 2.03. The van der Waals surface area contributed by atoms with Gasteiger partial charge in [-0.2, -0.15) is 0 Å². The van der Waals surface area contributed by atoms with Crippen LogP contribution in [0.5, 0.6) is 0 Å². The van der Waals surface area contributed by atoms with E-state index in [0.29, 0.717) is 23.7 Å². The maximum absolute atomic E-state index is 5.82. The monoisotopic (exact) mass is 316 g/mol. The highest BCUT2D eigenvalue weighted by atomic mass is 127. The van der Waals surface area contributed by atoms with Crippen molar-refractivity contribution in [3.63, 3.8) is 0 Å². The van der Waals surface area contributed by atoms with Crippen LogP contribution in [0.4, 0.5) is 0 Å². The summed E-state index contributed by atoms with van der Waals surface area (Å²) in [6.07, 6.45) is 0.180. The molecular formula is C9H17IO4. The van der Waals surface area contributed by atoms with Crippen LogP contribution in [-0.2, 0) is 18.9 Å². The van der Waals surface area contributed by atoms with E-state index in [4.69, 9.17) is 18.9 Å². The van der Waals surface area contributed by atoms with Gasteiger partial charge in [0.05, 0.1) is 36.5 Å². The van der Waals surface area contributed by atoms with Crippen LogP contribution in [0.1, 0.15) is 0 Å². The van der Waals surface area contributed by atoms with E-state index in [1.807, 2.05) is 0 Å². The largest absolute Gasteiger partial charge is 0.382 e. The zero-order chi connectivity index (χ0) is 10.4. The van der Waals surface area contributed by atoms with Gasteiger partial charge in [-0.3, -0.25) is 0 Å². The topological polar surface area (TPSA) is 36.9 Å². The molecule has 1 fully saturated rings. The first-order valence-corrected chi connectivity index (χ1v) is 5.87. The van der Waals surface area contributed by atoms with Crippen molar-refractivity contribution >= 4 is 22.6 Å². The van der Waals surface area contributed by atoms with Crippen molar-refractivity contribution < 1.29 is 18.9 Å². The Labute approximate surface area is 98.4 Å². The molecule has 0 radical (unpaired) electrons. The summed E-state index contributed by atoms with van der Waals surface area (Å²) in [5.74, 6) is 0. The van der Waals surface area contributed by atoms with Crippen LogP contribution in [0.15, 0.2) is 0 Å². The molecule has 0 aliphatic carbocycles. The van der Waals surface area contributed by atoms with Gasteiger partial charge in [-0.25, -0.2) is 0 Å². The summed E-state index contributed by atoms with van der Waals surface area (Å²) in [6, 6.07) is 0. The standard InChI is InChI=1S/C9H17IO4/c1-11-3-7(4-12-2)14-9-6-13-5-8(9)10/h7-9H,3-6H2,1-2H3. The third-order valence-corrected chi connectivity index (χ3v) is 3.20. The molecule has 0 spiro atoms. The fraction of sp³-hybridized carbons (Fsp3) is 1.00. The van der Waals surface area contributed by atoms with E-state index in [2.05, 4.69) is 22.6 Å². The third kappa shape index (κ3) is 3.98. The predicted molar refractivity (Wildman–Crippen MR) is 61.0 cm³/mol. The van der Waals surface area contributed by atoms with Crippen LogP contribution in [0.25, 0.3) is 0 Å². The van der Waals surface area contributed by atoms with Crippen molar-refractivity contribution in [1.29, 1.82) is 0 Å². The molecule has 0 amide bonds. The smallest absolute Gasteiger partial charge is 0.105 e. The molecule has 2 unspecified atom stereocenters. The molecule has 1 saturated heterocycles. The van der Waals surface area contributed by atoms with Crippen molar-refractivity contribution in [2.24, 2.45) is 0 Å². The highest BCUT2D eigenvalue weighted by molar-refractivity contribution is 14.1. The molecular weight excluding hydrogens is 299 g/mol. The molecule has 0 aromatic rings. The minimum absolute atomic E-state index is 0.00830. The first-order valence-electron chi connectivity index (χ1n) is 4.63. The molecule has 0 aromatic heterocycles. The van der Waals surface area contributed by atoms with E-state index in [1.165, 1.54) is 0 Å². The number of rotatable bonds is 6. The molecule has 2 atom stereocenters. The van der Waals surface area contributed by atoms with Gasteiger partial charge in [0.2, 0.25) is 0 Å². The molecule has 4 nitrogen and oxygen atoms in total. The molecule has 84 valence electrons. The summed E-state index contributed by atoms with van der Waals surface area (Å²) in [5, 5.41) is 0. The second-order valence-electron chi connectivity index (χ2n) is 3.26. The second-order valence-corrected chi connectivity index (χ2v) is 4.86. The molecule has 14 heavy (non-hydrogen) atoms. The van der Waals surface area contributed by atoms with E-state index in [1.54, 1.807) is 14.2 Å². The van der Waals surface area contributed by atoms with Crippen LogP contribution in [0.3, 0.4) is 0 Å². The van der Waals surface area contributed by atoms with Gasteiger partial charge < -0.3 is 18.9 Å². The van der Waals surface area contributed by atoms with Crippen LogP contribution in [0.2, 0.25) is 0 Å². The van der Waals surface area contributed by atoms with Gasteiger partial charge in [-0.05, 0) is 0 Å². The van der Waals surface area contributed by atoms with Crippen LogP contribution >= 0.6 is 22.6 Å². The molecule has 1 heterocycles. The van der Waals surface area contributed by atoms with Crippen molar-refractivity contribution in [1.82, 2.24) is 0 Å². The van der Waals surface area contributed by atoms with Gasteiger partial charge in [-0.15, -0.1) is 0 Å². The summed E-state index contributed by atoms with van der Waals surface area (Å²) < 4.78 is 21.7. The number of alkyl halides is 1. The number of halogens is 1. The highest BCUT2D eigenvalue weighted by Crippen LogP contribution is 2.19. The Kier molecular flexibility index (Phi) is 6.27. The molecule has 1 aliphatic rings. The molecule has 0 saturated carbocycles. The van der Waals surface area contributed by atoms with Gasteiger partial charge in [0.1, 0.15) is 6.10 Å². The molecule has 0 N–H and O–H groups in total. The van der Waals surface area contributed by atoms with Crippen molar-refractivity contribution in [3.05, 3.63) is 0 Å². The molecule has 0 aromatic carbocycles. The summed E-state index contributed by atoms with van der Waals surface area (Å²) >= 11 is 2.35. The van der Waals surface area contributed by atoms with Gasteiger partial charge in [-0.1, -0.05) is 22.6 Å². The maximum atomic E-state index is 5.82. The first-order chi connectivity index (χ1) is 6.77. The Bertz CT molecular complexity index is 150. The average molecular weight is 316 g/mol. The van der Waals surface area contributed by atoms with Crippen molar-refractivity contribution in [2.45, 2.75) is 16.1 Å². The Morgan fingerprint density at radius 2 is 1.93 bits per heavy atom. The van der Waals surface area contributed by atoms with Crippen LogP contribution < -0.4 is 0 Å². The Balaban J connectivity index is 2.29. The van der Waals surface area contributed by atoms with E-state index in [0.717, 1.165) is 6.61 Å². The quantitative estimate of drug-likeness (QED) is 0.538. The van der Waals surface area contributed by atoms with E-state index in [-0.39, 0.29) is 12.2 Å². The highest BCUT2D eigenvalue weighted by Gasteiger charge is 2.29. The van der Waals surface area contributed by atoms with E-state index < -0.39 is 0 Å². The minimum atomic E-state index is 0.00830. The molecule has 1 rings (SSSR count). The number of hydrogen-bond acceptors (Lipinski definition) is 4. The van der Waals surface area contributed by atoms with E-state index >= 15 is 0 Å². The molecule has 5 heteroatoms. The molecule has 0 bridgehead atoms. The Morgan fingerprint density at radius 1 is 1.29 bits per heavy atom. The summed E-state index contributed by atoms with van der Waals surface area (Å²) in [6.45, 7) is 2.58. The summed E-state index contributed by atoms with van der Waals surface area (Å²) in [5.41, 5.74) is 0. The lowest BCUT2D eigenvalue weighted by Gasteiger charge is -2.21. The zero-order valence-corrected chi connectivity index (χ0v) is 10.7. The number of ether oxygens (including phenoxy) is 4. The number of methoxy groups -OCH3 is 2. The van der Waals surface area contributed by atoms with E-state index in [9.17, 15) is 0 Å². The van der Waals surface area contributed by atoms with Gasteiger partial charge in [0, 0.05) is 14.2 Å². The predicted octanol–water partition coefficient (Wildman–Crippen LogP) is 0.867. The Hall–Kier alpha value is 0.570. The SMILES string of the molecule is COCC(COC)OC1COCC1I. The second kappa shape index (κ2) is 6.95. The van der Waals surface area contributed by atoms with Crippen LogP contribution in [0, 0.1) is 0 Å². The fourth-order valence-corrected chi connectivity index (χ4v) is 2.01. The zero-order valence-electron chi connectivity index (χ0n) is 8.57. The molecule has 1 aliphatic heterocycles. The number of hydrogen-bond donors (Lipinski definition) is 0. The summed E-state index contributed by atoms with van der Waals surface area (Å²) in [4.78, 5) is 0. The van der Waals surface area contributed by atoms with Crippen molar-refractivity contribution in [2.75, 3.05) is 40.6 Å². The summed E-state index contributed by atoms with van der Waals surface area (Å²) in [7, 11) is 3.33. The average Bonchev–Trinajstić information content (AvgIpc) is 2.53. The fourth-order valence-electron chi connectivity index (χ4n) is 1.38. The normalized spacial score (nSPS) is 27.4. The lowest BCUT2D eigenvalue weighted by Crippen LogP contribution is -2.33. The van der Waals surface area contributed by atoms with Gasteiger partial charge in [0.15, 0.2) is 0 Å². The lowest BCUT2D eigenvalue weighted by molar-refractivity contribution is -0.0761. The van der Waals surface area contributed by atoms with Gasteiger partial charge >= 0.3 is 0 Å². The Morgan fingerprint density at radius 3 is 2.36 bits per heavy atom. The lowest BCUT2D eigenvalue weighted by atomic mass is 10.3. The van der Waals surface area contributed by atoms with Crippen LogP contribution in [-0.4, -0.2) is 56.8 Å². The van der Waals surface area contributed by atoms with Crippen molar-refractivity contribution in [3.8, 4) is 0 Å². The van der Waals surface area contributed by atoms with Gasteiger partial charge in [0.25, 0.3) is 0 Å². The minimum Gasteiger partial charge on any atom is -0.382 e. The maximum Gasteiger partial charge on any atom is 0.105 e.